The SMILES string of the molecule is CCN(Cc1nc2ccccc2c(=O)[nH]1)C(=O)CCNS(=O)(=O)c1ccccc1Cl. The first-order valence-electron chi connectivity index (χ1n) is 9.31. The quantitative estimate of drug-likeness (QED) is 0.549. The van der Waals surface area contributed by atoms with E-state index in [1.54, 1.807) is 43.3 Å². The van der Waals surface area contributed by atoms with Crippen molar-refractivity contribution in [2.45, 2.75) is 24.8 Å². The van der Waals surface area contributed by atoms with Crippen molar-refractivity contribution < 1.29 is 13.2 Å². The number of fused-ring (bicyclic) bond motifs is 1. The van der Waals surface area contributed by atoms with Gasteiger partial charge >= 0.3 is 0 Å². The zero-order chi connectivity index (χ0) is 21.7. The van der Waals surface area contributed by atoms with Crippen LogP contribution in [0.4, 0.5) is 0 Å². The lowest BCUT2D eigenvalue weighted by atomic mass is 10.2. The fraction of sp³-hybridized carbons (Fsp3) is 0.250. The van der Waals surface area contributed by atoms with Crippen molar-refractivity contribution in [2.75, 3.05) is 13.1 Å². The zero-order valence-electron chi connectivity index (χ0n) is 16.3. The molecule has 1 aromatic heterocycles. The first kappa shape index (κ1) is 21.9. The summed E-state index contributed by atoms with van der Waals surface area (Å²) in [6.07, 6.45) is -0.0463. The number of aromatic amines is 1. The largest absolute Gasteiger partial charge is 0.335 e. The number of benzene rings is 2. The van der Waals surface area contributed by atoms with E-state index in [4.69, 9.17) is 11.6 Å². The Kier molecular flexibility index (Phi) is 6.86. The van der Waals surface area contributed by atoms with Crippen LogP contribution in [0.2, 0.25) is 5.02 Å². The molecule has 0 fully saturated rings. The standard InChI is InChI=1S/C20H21ClN4O4S/c1-2-25(13-18-23-16-9-5-3-7-14(16)20(27)24-18)19(26)11-12-22-30(28,29)17-10-6-4-8-15(17)21/h3-10,22H,2,11-13H2,1H3,(H,23,24,27). The maximum atomic E-state index is 12.6. The number of halogens is 1. The summed E-state index contributed by atoms with van der Waals surface area (Å²) in [4.78, 5) is 33.3. The topological polar surface area (TPSA) is 112 Å². The van der Waals surface area contributed by atoms with E-state index in [0.717, 1.165) is 0 Å². The maximum Gasteiger partial charge on any atom is 0.258 e. The molecule has 3 rings (SSSR count). The van der Waals surface area contributed by atoms with Crippen LogP contribution in [0.5, 0.6) is 0 Å². The number of aromatic nitrogens is 2. The van der Waals surface area contributed by atoms with Gasteiger partial charge in [-0.25, -0.2) is 18.1 Å². The van der Waals surface area contributed by atoms with E-state index in [2.05, 4.69) is 14.7 Å². The van der Waals surface area contributed by atoms with E-state index in [-0.39, 0.29) is 40.9 Å². The van der Waals surface area contributed by atoms with Crippen LogP contribution >= 0.6 is 11.6 Å². The summed E-state index contributed by atoms with van der Waals surface area (Å²) in [5, 5.41) is 0.586. The summed E-state index contributed by atoms with van der Waals surface area (Å²) in [6, 6.07) is 13.0. The molecule has 0 radical (unpaired) electrons. The normalized spacial score (nSPS) is 11.5. The molecular weight excluding hydrogens is 428 g/mol. The molecule has 0 aliphatic heterocycles. The summed E-state index contributed by atoms with van der Waals surface area (Å²) in [6.45, 7) is 2.22. The smallest absolute Gasteiger partial charge is 0.258 e. The third kappa shape index (κ3) is 5.05. The molecule has 8 nitrogen and oxygen atoms in total. The van der Waals surface area contributed by atoms with Crippen molar-refractivity contribution in [3.63, 3.8) is 0 Å². The van der Waals surface area contributed by atoms with Crippen LogP contribution in [0.3, 0.4) is 0 Å². The van der Waals surface area contributed by atoms with Crippen molar-refractivity contribution in [1.29, 1.82) is 0 Å². The molecule has 10 heteroatoms. The van der Waals surface area contributed by atoms with Crippen molar-refractivity contribution in [3.8, 4) is 0 Å². The van der Waals surface area contributed by atoms with Crippen molar-refractivity contribution in [2.24, 2.45) is 0 Å². The molecule has 2 N–H and O–H groups in total. The van der Waals surface area contributed by atoms with Gasteiger partial charge in [-0.15, -0.1) is 0 Å². The second-order valence-electron chi connectivity index (χ2n) is 6.52. The molecule has 0 aliphatic rings. The Morgan fingerprint density at radius 2 is 1.87 bits per heavy atom. The highest BCUT2D eigenvalue weighted by Crippen LogP contribution is 2.20. The Balaban J connectivity index is 1.64. The average Bonchev–Trinajstić information content (AvgIpc) is 2.72. The lowest BCUT2D eigenvalue weighted by molar-refractivity contribution is -0.131. The number of hydrogen-bond acceptors (Lipinski definition) is 5. The third-order valence-corrected chi connectivity index (χ3v) is 6.45. The predicted octanol–water partition coefficient (Wildman–Crippen LogP) is 2.29. The van der Waals surface area contributed by atoms with Gasteiger partial charge in [0.1, 0.15) is 10.7 Å². The number of nitrogens with one attached hydrogen (secondary N) is 2. The second-order valence-corrected chi connectivity index (χ2v) is 8.66. The van der Waals surface area contributed by atoms with Crippen LogP contribution in [0, 0.1) is 0 Å². The number of carbonyl (C=O) groups excluding carboxylic acids is 1. The first-order valence-corrected chi connectivity index (χ1v) is 11.2. The number of hydrogen-bond donors (Lipinski definition) is 2. The van der Waals surface area contributed by atoms with Crippen molar-refractivity contribution in [3.05, 3.63) is 69.7 Å². The minimum absolute atomic E-state index is 0.0376. The van der Waals surface area contributed by atoms with Gasteiger partial charge in [0.25, 0.3) is 5.56 Å². The molecule has 158 valence electrons. The lowest BCUT2D eigenvalue weighted by Gasteiger charge is -2.20. The Morgan fingerprint density at radius 1 is 1.17 bits per heavy atom. The fourth-order valence-corrected chi connectivity index (χ4v) is 4.51. The van der Waals surface area contributed by atoms with Crippen LogP contribution in [0.15, 0.2) is 58.2 Å². The van der Waals surface area contributed by atoms with Crippen LogP contribution in [0.25, 0.3) is 10.9 Å². The molecule has 2 aromatic carbocycles. The van der Waals surface area contributed by atoms with Crippen molar-refractivity contribution in [1.82, 2.24) is 19.6 Å². The number of para-hydroxylation sites is 1. The van der Waals surface area contributed by atoms with E-state index >= 15 is 0 Å². The van der Waals surface area contributed by atoms with E-state index in [1.807, 2.05) is 0 Å². The minimum atomic E-state index is -3.82. The summed E-state index contributed by atoms with van der Waals surface area (Å²) >= 11 is 5.94. The van der Waals surface area contributed by atoms with Gasteiger partial charge in [0.15, 0.2) is 0 Å². The van der Waals surface area contributed by atoms with E-state index < -0.39 is 10.0 Å². The number of nitrogens with zero attached hydrogens (tertiary/aromatic N) is 2. The van der Waals surface area contributed by atoms with Gasteiger partial charge in [-0.05, 0) is 31.2 Å². The first-order chi connectivity index (χ1) is 14.3. The van der Waals surface area contributed by atoms with Gasteiger partial charge in [0.05, 0.1) is 22.5 Å². The predicted molar refractivity (Wildman–Crippen MR) is 115 cm³/mol. The summed E-state index contributed by atoms with van der Waals surface area (Å²) in [5.41, 5.74) is 0.277. The van der Waals surface area contributed by atoms with Gasteiger partial charge in [-0.3, -0.25) is 9.59 Å². The van der Waals surface area contributed by atoms with Crippen LogP contribution < -0.4 is 10.3 Å². The lowest BCUT2D eigenvalue weighted by Crippen LogP contribution is -2.35. The number of carbonyl (C=O) groups is 1. The zero-order valence-corrected chi connectivity index (χ0v) is 17.8. The molecule has 0 bridgehead atoms. The molecule has 30 heavy (non-hydrogen) atoms. The molecule has 0 saturated heterocycles. The Hall–Kier alpha value is -2.75. The average molecular weight is 449 g/mol. The fourth-order valence-electron chi connectivity index (χ4n) is 2.96. The summed E-state index contributed by atoms with van der Waals surface area (Å²) in [5.74, 6) is 0.0979. The molecule has 0 atom stereocenters. The third-order valence-electron chi connectivity index (χ3n) is 4.49. The molecule has 0 unspecified atom stereocenters. The highest BCUT2D eigenvalue weighted by Gasteiger charge is 2.19. The molecule has 0 aliphatic carbocycles. The second kappa shape index (κ2) is 9.38. The van der Waals surface area contributed by atoms with Crippen molar-refractivity contribution >= 4 is 38.4 Å². The molecule has 1 heterocycles. The minimum Gasteiger partial charge on any atom is -0.335 e. The number of amides is 1. The van der Waals surface area contributed by atoms with E-state index in [0.29, 0.717) is 23.3 Å². The molecule has 0 spiro atoms. The Morgan fingerprint density at radius 3 is 2.60 bits per heavy atom. The van der Waals surface area contributed by atoms with Gasteiger partial charge in [-0.1, -0.05) is 35.9 Å². The number of sulfonamides is 1. The maximum absolute atomic E-state index is 12.6. The van der Waals surface area contributed by atoms with E-state index in [1.165, 1.54) is 17.0 Å². The summed E-state index contributed by atoms with van der Waals surface area (Å²) < 4.78 is 27.1. The van der Waals surface area contributed by atoms with E-state index in [9.17, 15) is 18.0 Å². The van der Waals surface area contributed by atoms with Crippen LogP contribution in [-0.4, -0.2) is 42.3 Å². The Labute approximate surface area is 178 Å². The molecule has 0 saturated carbocycles. The number of H-pyrrole nitrogens is 1. The van der Waals surface area contributed by atoms with Gasteiger partial charge in [0, 0.05) is 19.5 Å². The highest BCUT2D eigenvalue weighted by molar-refractivity contribution is 7.89. The van der Waals surface area contributed by atoms with Gasteiger partial charge < -0.3 is 9.88 Å². The molecule has 1 amide bonds. The molecular formula is C20H21ClN4O4S. The Bertz CT molecular complexity index is 1230. The van der Waals surface area contributed by atoms with Crippen LogP contribution in [0.1, 0.15) is 19.2 Å². The monoisotopic (exact) mass is 448 g/mol. The highest BCUT2D eigenvalue weighted by atomic mass is 35.5. The van der Waals surface area contributed by atoms with Crippen LogP contribution in [-0.2, 0) is 21.4 Å². The summed E-state index contributed by atoms with van der Waals surface area (Å²) in [7, 11) is -3.82. The van der Waals surface area contributed by atoms with Gasteiger partial charge in [0.2, 0.25) is 15.9 Å². The number of rotatable bonds is 8. The molecule has 3 aromatic rings. The van der Waals surface area contributed by atoms with Gasteiger partial charge in [-0.2, -0.15) is 0 Å².